The Morgan fingerprint density at radius 1 is 1.41 bits per heavy atom. The number of nitrogens with zero attached hydrogens (tertiary/aromatic N) is 3. The van der Waals surface area contributed by atoms with Gasteiger partial charge in [0.05, 0.1) is 27.9 Å². The topological polar surface area (TPSA) is 30.7 Å². The van der Waals surface area contributed by atoms with E-state index in [1.165, 1.54) is 30.7 Å². The highest BCUT2D eigenvalue weighted by Crippen LogP contribution is 2.35. The van der Waals surface area contributed by atoms with Crippen molar-refractivity contribution in [1.82, 2.24) is 14.8 Å². The van der Waals surface area contributed by atoms with Crippen LogP contribution in [0.5, 0.6) is 0 Å². The van der Waals surface area contributed by atoms with Crippen molar-refractivity contribution >= 4 is 27.3 Å². The molecule has 0 atom stereocenters. The Kier molecular flexibility index (Phi) is 3.29. The highest BCUT2D eigenvalue weighted by atomic mass is 79.9. The van der Waals surface area contributed by atoms with Crippen LogP contribution in [-0.4, -0.2) is 14.8 Å². The lowest BCUT2D eigenvalue weighted by molar-refractivity contribution is 0.662. The Morgan fingerprint density at radius 2 is 2.24 bits per heavy atom. The van der Waals surface area contributed by atoms with E-state index in [0.717, 1.165) is 22.6 Å². The summed E-state index contributed by atoms with van der Waals surface area (Å²) in [7, 11) is 0. The Hall–Kier alpha value is -0.680. The van der Waals surface area contributed by atoms with Crippen molar-refractivity contribution in [3.05, 3.63) is 32.9 Å². The highest BCUT2D eigenvalue weighted by molar-refractivity contribution is 9.10. The van der Waals surface area contributed by atoms with Gasteiger partial charge in [-0.1, -0.05) is 12.8 Å². The second kappa shape index (κ2) is 4.90. The van der Waals surface area contributed by atoms with Crippen LogP contribution in [0, 0.1) is 0 Å². The lowest BCUT2D eigenvalue weighted by Crippen LogP contribution is -2.01. The lowest BCUT2D eigenvalue weighted by Gasteiger charge is -2.02. The van der Waals surface area contributed by atoms with Crippen LogP contribution >= 0.6 is 27.3 Å². The molecule has 3 nitrogen and oxygen atoms in total. The second-order valence-corrected chi connectivity index (χ2v) is 6.32. The summed E-state index contributed by atoms with van der Waals surface area (Å²) in [6.07, 6.45) is 9.16. The molecule has 0 bridgehead atoms. The molecular weight excluding hydrogens is 298 g/mol. The summed E-state index contributed by atoms with van der Waals surface area (Å²) in [4.78, 5) is 4.74. The Labute approximate surface area is 113 Å². The van der Waals surface area contributed by atoms with E-state index in [9.17, 15) is 0 Å². The van der Waals surface area contributed by atoms with Crippen molar-refractivity contribution in [3.63, 3.8) is 0 Å². The molecule has 1 saturated carbocycles. The highest BCUT2D eigenvalue weighted by Gasteiger charge is 2.20. The van der Waals surface area contributed by atoms with Crippen LogP contribution in [0.1, 0.15) is 42.3 Å². The van der Waals surface area contributed by atoms with Crippen LogP contribution in [0.15, 0.2) is 22.2 Å². The first-order valence-electron chi connectivity index (χ1n) is 5.93. The average Bonchev–Trinajstić information content (AvgIpc) is 3.00. The zero-order valence-corrected chi connectivity index (χ0v) is 11.9. The van der Waals surface area contributed by atoms with Gasteiger partial charge in [0.1, 0.15) is 0 Å². The lowest BCUT2D eigenvalue weighted by atomic mass is 10.1. The first kappa shape index (κ1) is 11.4. The first-order valence-corrected chi connectivity index (χ1v) is 7.61. The molecule has 17 heavy (non-hydrogen) atoms. The largest absolute Gasteiger partial charge is 0.266 e. The minimum Gasteiger partial charge on any atom is -0.266 e. The first-order chi connectivity index (χ1) is 8.31. The quantitative estimate of drug-likeness (QED) is 0.863. The molecule has 0 aliphatic heterocycles. The van der Waals surface area contributed by atoms with Crippen molar-refractivity contribution in [2.45, 2.75) is 38.1 Å². The normalized spacial score (nSPS) is 16.8. The summed E-state index contributed by atoms with van der Waals surface area (Å²) < 4.78 is 2.93. The predicted octanol–water partition coefficient (Wildman–Crippen LogP) is 3.81. The molecule has 0 spiro atoms. The molecule has 0 amide bonds. The Morgan fingerprint density at radius 3 is 2.94 bits per heavy atom. The molecule has 3 rings (SSSR count). The molecule has 2 aromatic rings. The van der Waals surface area contributed by atoms with Gasteiger partial charge < -0.3 is 0 Å². The van der Waals surface area contributed by atoms with E-state index in [-0.39, 0.29) is 0 Å². The number of rotatable bonds is 3. The Bertz CT molecular complexity index is 499. The number of halogens is 1. The number of thiazole rings is 1. The van der Waals surface area contributed by atoms with Crippen LogP contribution in [0.25, 0.3) is 0 Å². The van der Waals surface area contributed by atoms with Gasteiger partial charge >= 0.3 is 0 Å². The van der Waals surface area contributed by atoms with Crippen LogP contribution in [-0.2, 0) is 6.54 Å². The third-order valence-corrected chi connectivity index (χ3v) is 4.67. The van der Waals surface area contributed by atoms with Gasteiger partial charge in [0.25, 0.3) is 0 Å². The average molecular weight is 312 g/mol. The van der Waals surface area contributed by atoms with Crippen molar-refractivity contribution in [2.75, 3.05) is 0 Å². The maximum Gasteiger partial charge on any atom is 0.0960 e. The maximum atomic E-state index is 4.74. The van der Waals surface area contributed by atoms with Gasteiger partial charge in [-0.25, -0.2) is 4.98 Å². The van der Waals surface area contributed by atoms with Crippen LogP contribution in [0.4, 0.5) is 0 Å². The minimum absolute atomic E-state index is 0.720. The molecular formula is C12H14BrN3S. The van der Waals surface area contributed by atoms with E-state index in [1.807, 2.05) is 28.4 Å². The number of aromatic nitrogens is 3. The van der Waals surface area contributed by atoms with Gasteiger partial charge in [0.2, 0.25) is 0 Å². The summed E-state index contributed by atoms with van der Waals surface area (Å²) in [6, 6.07) is 0. The molecule has 5 heteroatoms. The van der Waals surface area contributed by atoms with Crippen LogP contribution in [0.2, 0.25) is 0 Å². The van der Waals surface area contributed by atoms with Crippen molar-refractivity contribution in [1.29, 1.82) is 0 Å². The summed E-state index contributed by atoms with van der Waals surface area (Å²) in [5.41, 5.74) is 1.13. The second-order valence-electron chi connectivity index (χ2n) is 4.51. The summed E-state index contributed by atoms with van der Waals surface area (Å²) in [5, 5.41) is 7.75. The van der Waals surface area contributed by atoms with Crippen LogP contribution < -0.4 is 0 Å². The molecule has 1 aliphatic carbocycles. The van der Waals surface area contributed by atoms with Crippen molar-refractivity contribution < 1.29 is 0 Å². The maximum absolute atomic E-state index is 4.74. The van der Waals surface area contributed by atoms with Gasteiger partial charge in [0.15, 0.2) is 0 Å². The molecule has 2 aromatic heterocycles. The van der Waals surface area contributed by atoms with E-state index in [0.29, 0.717) is 0 Å². The van der Waals surface area contributed by atoms with E-state index in [4.69, 9.17) is 4.98 Å². The van der Waals surface area contributed by atoms with E-state index < -0.39 is 0 Å². The molecule has 0 unspecified atom stereocenters. The zero-order chi connectivity index (χ0) is 11.7. The molecule has 2 heterocycles. The zero-order valence-electron chi connectivity index (χ0n) is 9.47. The monoisotopic (exact) mass is 311 g/mol. The van der Waals surface area contributed by atoms with E-state index >= 15 is 0 Å². The fourth-order valence-electron chi connectivity index (χ4n) is 2.35. The number of hydrogen-bond donors (Lipinski definition) is 0. The third kappa shape index (κ3) is 2.60. The van der Waals surface area contributed by atoms with Crippen LogP contribution in [0.3, 0.4) is 0 Å². The molecule has 1 fully saturated rings. The molecule has 0 N–H and O–H groups in total. The van der Waals surface area contributed by atoms with E-state index in [1.54, 1.807) is 0 Å². The fourth-order valence-corrected chi connectivity index (χ4v) is 3.66. The summed E-state index contributed by atoms with van der Waals surface area (Å²) >= 11 is 5.21. The van der Waals surface area contributed by atoms with Gasteiger partial charge in [-0.3, -0.25) is 4.68 Å². The van der Waals surface area contributed by atoms with Gasteiger partial charge in [0, 0.05) is 17.5 Å². The summed E-state index contributed by atoms with van der Waals surface area (Å²) in [6.45, 7) is 0.773. The standard InChI is InChI=1S/C12H14BrN3S/c13-10-5-14-16(6-10)7-11-8-17-12(15-11)9-3-1-2-4-9/h5-6,8-9H,1-4,7H2. The molecule has 1 aliphatic rings. The Balaban J connectivity index is 1.71. The third-order valence-electron chi connectivity index (χ3n) is 3.20. The smallest absolute Gasteiger partial charge is 0.0960 e. The molecule has 0 saturated heterocycles. The molecule has 90 valence electrons. The molecule has 0 aromatic carbocycles. The number of hydrogen-bond acceptors (Lipinski definition) is 3. The van der Waals surface area contributed by atoms with Crippen molar-refractivity contribution in [2.24, 2.45) is 0 Å². The predicted molar refractivity (Wildman–Crippen MR) is 72.4 cm³/mol. The van der Waals surface area contributed by atoms with Gasteiger partial charge in [-0.2, -0.15) is 5.10 Å². The van der Waals surface area contributed by atoms with Crippen molar-refractivity contribution in [3.8, 4) is 0 Å². The van der Waals surface area contributed by atoms with Gasteiger partial charge in [-0.05, 0) is 28.8 Å². The molecule has 0 radical (unpaired) electrons. The van der Waals surface area contributed by atoms with E-state index in [2.05, 4.69) is 26.4 Å². The summed E-state index contributed by atoms with van der Waals surface area (Å²) in [5.74, 6) is 0.720. The fraction of sp³-hybridized carbons (Fsp3) is 0.500. The SMILES string of the molecule is Brc1cnn(Cc2csc(C3CCCC3)n2)c1. The van der Waals surface area contributed by atoms with Gasteiger partial charge in [-0.15, -0.1) is 11.3 Å². The minimum atomic E-state index is 0.720.